The van der Waals surface area contributed by atoms with Crippen molar-refractivity contribution >= 4 is 21.4 Å². The Kier molecular flexibility index (Phi) is 4.52. The molecule has 5 nitrogen and oxygen atoms in total. The Morgan fingerprint density at radius 2 is 2.09 bits per heavy atom. The fourth-order valence-electron chi connectivity index (χ4n) is 2.92. The molecule has 1 atom stereocenters. The first-order valence-corrected chi connectivity index (χ1v) is 9.63. The summed E-state index contributed by atoms with van der Waals surface area (Å²) >= 11 is 6.29. The molecule has 2 heterocycles. The zero-order valence-corrected chi connectivity index (χ0v) is 14.1. The lowest BCUT2D eigenvalue weighted by molar-refractivity contribution is 0.253. The fourth-order valence-corrected chi connectivity index (χ4v) is 5.01. The van der Waals surface area contributed by atoms with Crippen LogP contribution in [0.3, 0.4) is 0 Å². The van der Waals surface area contributed by atoms with Crippen molar-refractivity contribution in [3.63, 3.8) is 0 Å². The van der Waals surface area contributed by atoms with Gasteiger partial charge in [-0.25, -0.2) is 8.42 Å². The van der Waals surface area contributed by atoms with Crippen LogP contribution in [0.4, 0.5) is 0 Å². The number of hydrogen-bond donors (Lipinski definition) is 0. The Hall–Kier alpha value is -0.980. The molecule has 1 saturated heterocycles. The van der Waals surface area contributed by atoms with Crippen molar-refractivity contribution in [2.45, 2.75) is 25.4 Å². The average Bonchev–Trinajstić information content (AvgIpc) is 2.67. The van der Waals surface area contributed by atoms with Crippen LogP contribution in [0.5, 0.6) is 11.5 Å². The largest absolute Gasteiger partial charge is 0.489 e. The summed E-state index contributed by atoms with van der Waals surface area (Å²) in [6.07, 6.45) is 1.53. The van der Waals surface area contributed by atoms with Crippen molar-refractivity contribution in [1.29, 1.82) is 0 Å². The lowest BCUT2D eigenvalue weighted by Crippen LogP contribution is -2.32. The van der Waals surface area contributed by atoms with Gasteiger partial charge in [-0.2, -0.15) is 0 Å². The molecule has 0 amide bonds. The van der Waals surface area contributed by atoms with Crippen LogP contribution in [0.25, 0.3) is 0 Å². The van der Waals surface area contributed by atoms with Gasteiger partial charge in [-0.15, -0.1) is 0 Å². The molecule has 2 aliphatic rings. The molecule has 0 saturated carbocycles. The van der Waals surface area contributed by atoms with E-state index >= 15 is 0 Å². The number of rotatable bonds is 3. The van der Waals surface area contributed by atoms with E-state index in [-0.39, 0.29) is 17.5 Å². The van der Waals surface area contributed by atoms with E-state index in [2.05, 4.69) is 4.90 Å². The molecule has 1 fully saturated rings. The minimum Gasteiger partial charge on any atom is -0.489 e. The smallest absolute Gasteiger partial charge is 0.179 e. The molecule has 0 N–H and O–H groups in total. The first kappa shape index (κ1) is 15.9. The second-order valence-corrected chi connectivity index (χ2v) is 8.56. The molecule has 22 heavy (non-hydrogen) atoms. The number of hydrogen-bond acceptors (Lipinski definition) is 5. The fraction of sp³-hybridized carbons (Fsp3) is 0.600. The maximum absolute atomic E-state index is 11.6. The Morgan fingerprint density at radius 3 is 2.82 bits per heavy atom. The standard InChI is InChI=1S/C15H20ClNO4S/c1-17(12-3-6-22(18,19)10-12)9-11-7-13(16)15-14(8-11)20-4-2-5-21-15/h7-8,12H,2-6,9-10H2,1H3. The molecule has 1 aromatic rings. The molecule has 0 aromatic heterocycles. The molecule has 0 radical (unpaired) electrons. The van der Waals surface area contributed by atoms with Gasteiger partial charge in [0.25, 0.3) is 0 Å². The van der Waals surface area contributed by atoms with Crippen molar-refractivity contribution in [3.05, 3.63) is 22.7 Å². The van der Waals surface area contributed by atoms with Gasteiger partial charge >= 0.3 is 0 Å². The third-order valence-corrected chi connectivity index (χ3v) is 6.16. The van der Waals surface area contributed by atoms with Gasteiger partial charge < -0.3 is 9.47 Å². The maximum atomic E-state index is 11.6. The average molecular weight is 346 g/mol. The van der Waals surface area contributed by atoms with Gasteiger partial charge in [0.2, 0.25) is 0 Å². The van der Waals surface area contributed by atoms with Gasteiger partial charge in [0.1, 0.15) is 0 Å². The predicted octanol–water partition coefficient (Wildman–Crippen LogP) is 2.12. The first-order valence-electron chi connectivity index (χ1n) is 7.43. The predicted molar refractivity (Wildman–Crippen MR) is 85.6 cm³/mol. The molecule has 0 spiro atoms. The van der Waals surface area contributed by atoms with E-state index in [1.807, 2.05) is 19.2 Å². The summed E-state index contributed by atoms with van der Waals surface area (Å²) in [5, 5.41) is 0.543. The van der Waals surface area contributed by atoms with Crippen molar-refractivity contribution in [2.24, 2.45) is 0 Å². The number of fused-ring (bicyclic) bond motifs is 1. The number of sulfone groups is 1. The van der Waals surface area contributed by atoms with Gasteiger partial charge in [-0.1, -0.05) is 11.6 Å². The van der Waals surface area contributed by atoms with E-state index in [0.29, 0.717) is 42.7 Å². The lowest BCUT2D eigenvalue weighted by atomic mass is 10.1. The van der Waals surface area contributed by atoms with E-state index in [0.717, 1.165) is 12.0 Å². The molecule has 2 aliphatic heterocycles. The summed E-state index contributed by atoms with van der Waals surface area (Å²) in [7, 11) is -0.926. The highest BCUT2D eigenvalue weighted by Crippen LogP contribution is 2.38. The molecule has 7 heteroatoms. The van der Waals surface area contributed by atoms with Gasteiger partial charge in [0.05, 0.1) is 29.7 Å². The third-order valence-electron chi connectivity index (χ3n) is 4.13. The SMILES string of the molecule is CN(Cc1cc(Cl)c2c(c1)OCCCO2)C1CCS(=O)(=O)C1. The van der Waals surface area contributed by atoms with Crippen molar-refractivity contribution in [3.8, 4) is 11.5 Å². The number of ether oxygens (including phenoxy) is 2. The van der Waals surface area contributed by atoms with Crippen LogP contribution < -0.4 is 9.47 Å². The summed E-state index contributed by atoms with van der Waals surface area (Å²) < 4.78 is 34.5. The second kappa shape index (κ2) is 6.26. The van der Waals surface area contributed by atoms with Gasteiger partial charge in [-0.3, -0.25) is 4.90 Å². The molecule has 1 unspecified atom stereocenters. The molecule has 3 rings (SSSR count). The minimum atomic E-state index is -2.87. The van der Waals surface area contributed by atoms with Gasteiger partial charge in [0, 0.05) is 19.0 Å². The first-order chi connectivity index (χ1) is 10.4. The topological polar surface area (TPSA) is 55.8 Å². The van der Waals surface area contributed by atoms with Crippen molar-refractivity contribution < 1.29 is 17.9 Å². The summed E-state index contributed by atoms with van der Waals surface area (Å²) in [6.45, 7) is 1.85. The summed E-state index contributed by atoms with van der Waals surface area (Å²) in [5.41, 5.74) is 1.00. The second-order valence-electron chi connectivity index (χ2n) is 5.93. The number of halogens is 1. The molecule has 1 aromatic carbocycles. The minimum absolute atomic E-state index is 0.0692. The number of benzene rings is 1. The van der Waals surface area contributed by atoms with Crippen LogP contribution >= 0.6 is 11.6 Å². The molecule has 122 valence electrons. The van der Waals surface area contributed by atoms with Crippen LogP contribution in [0, 0.1) is 0 Å². The normalized spacial score (nSPS) is 23.5. The van der Waals surface area contributed by atoms with Crippen LogP contribution in [-0.4, -0.2) is 51.1 Å². The molecule has 0 aliphatic carbocycles. The Balaban J connectivity index is 1.75. The summed E-state index contributed by atoms with van der Waals surface area (Å²) in [5.74, 6) is 1.80. The van der Waals surface area contributed by atoms with E-state index in [9.17, 15) is 8.42 Å². The highest BCUT2D eigenvalue weighted by Gasteiger charge is 2.30. The highest BCUT2D eigenvalue weighted by atomic mass is 35.5. The molecule has 0 bridgehead atoms. The van der Waals surface area contributed by atoms with E-state index in [4.69, 9.17) is 21.1 Å². The van der Waals surface area contributed by atoms with Crippen LogP contribution in [0.15, 0.2) is 12.1 Å². The van der Waals surface area contributed by atoms with Gasteiger partial charge in [-0.05, 0) is 31.2 Å². The zero-order chi connectivity index (χ0) is 15.7. The molecular formula is C15H20ClNO4S. The van der Waals surface area contributed by atoms with Crippen LogP contribution in [0.2, 0.25) is 5.02 Å². The Labute approximate surface area is 136 Å². The van der Waals surface area contributed by atoms with E-state index in [1.165, 1.54) is 0 Å². The number of nitrogens with zero attached hydrogens (tertiary/aromatic N) is 1. The Bertz CT molecular complexity index is 662. The zero-order valence-electron chi connectivity index (χ0n) is 12.5. The molecular weight excluding hydrogens is 326 g/mol. The van der Waals surface area contributed by atoms with Crippen LogP contribution in [-0.2, 0) is 16.4 Å². The lowest BCUT2D eigenvalue weighted by Gasteiger charge is -2.23. The van der Waals surface area contributed by atoms with Crippen molar-refractivity contribution in [2.75, 3.05) is 31.8 Å². The quantitative estimate of drug-likeness (QED) is 0.840. The maximum Gasteiger partial charge on any atom is 0.179 e. The third kappa shape index (κ3) is 3.50. The van der Waals surface area contributed by atoms with Crippen molar-refractivity contribution in [1.82, 2.24) is 4.90 Å². The monoisotopic (exact) mass is 345 g/mol. The van der Waals surface area contributed by atoms with Crippen LogP contribution in [0.1, 0.15) is 18.4 Å². The Morgan fingerprint density at radius 1 is 1.32 bits per heavy atom. The van der Waals surface area contributed by atoms with Gasteiger partial charge in [0.15, 0.2) is 21.3 Å². The van der Waals surface area contributed by atoms with E-state index in [1.54, 1.807) is 0 Å². The highest BCUT2D eigenvalue weighted by molar-refractivity contribution is 7.91. The summed E-state index contributed by atoms with van der Waals surface area (Å²) in [6, 6.07) is 3.88. The summed E-state index contributed by atoms with van der Waals surface area (Å²) in [4.78, 5) is 2.07. The van der Waals surface area contributed by atoms with E-state index < -0.39 is 9.84 Å².